The van der Waals surface area contributed by atoms with Gasteiger partial charge >= 0.3 is 5.97 Å². The molecule has 0 spiro atoms. The molecule has 0 radical (unpaired) electrons. The largest absolute Gasteiger partial charge is 0.481 e. The number of carbonyl (C=O) groups is 1. The Hall–Kier alpha value is -1.56. The monoisotopic (exact) mass is 301 g/mol. The minimum Gasteiger partial charge on any atom is -0.481 e. The van der Waals surface area contributed by atoms with Crippen molar-refractivity contribution in [2.24, 2.45) is 5.16 Å². The lowest BCUT2D eigenvalue weighted by Crippen LogP contribution is -2.13. The molecule has 92 valence electrons. The zero-order valence-corrected chi connectivity index (χ0v) is 11.1. The van der Waals surface area contributed by atoms with E-state index in [1.807, 2.05) is 0 Å². The van der Waals surface area contributed by atoms with Gasteiger partial charge in [0.25, 0.3) is 0 Å². The molecule has 0 saturated carbocycles. The molecule has 0 aliphatic carbocycles. The van der Waals surface area contributed by atoms with E-state index in [0.717, 1.165) is 4.47 Å². The third-order valence-corrected chi connectivity index (χ3v) is 2.34. The quantitative estimate of drug-likeness (QED) is 0.474. The van der Waals surface area contributed by atoms with Crippen LogP contribution in [0.5, 0.6) is 5.75 Å². The highest BCUT2D eigenvalue weighted by Crippen LogP contribution is 2.21. The van der Waals surface area contributed by atoms with Gasteiger partial charge in [-0.25, -0.2) is 4.79 Å². The topological polar surface area (TPSA) is 57.1 Å². The Morgan fingerprint density at radius 3 is 2.88 bits per heavy atom. The maximum absolute atomic E-state index is 11.0. The van der Waals surface area contributed by atoms with Gasteiger partial charge in [-0.3, -0.25) is 0 Å². The van der Waals surface area contributed by atoms with Crippen molar-refractivity contribution in [1.29, 1.82) is 0 Å². The van der Waals surface area contributed by atoms with Crippen LogP contribution in [0.1, 0.15) is 5.56 Å². The number of halogens is 1. The van der Waals surface area contributed by atoms with Crippen molar-refractivity contribution in [2.75, 3.05) is 20.8 Å². The molecule has 0 aliphatic heterocycles. The highest BCUT2D eigenvalue weighted by Gasteiger charge is 2.06. The van der Waals surface area contributed by atoms with Gasteiger partial charge in [0.2, 0.25) is 0 Å². The highest BCUT2D eigenvalue weighted by atomic mass is 79.9. The molecular weight excluding hydrogens is 290 g/mol. The van der Waals surface area contributed by atoms with E-state index >= 15 is 0 Å². The summed E-state index contributed by atoms with van der Waals surface area (Å²) in [6, 6.07) is 5.33. The second-order valence-corrected chi connectivity index (χ2v) is 3.88. The lowest BCUT2D eigenvalue weighted by Gasteiger charge is -2.07. The number of oxime groups is 1. The summed E-state index contributed by atoms with van der Waals surface area (Å²) in [6.07, 6.45) is 1.50. The highest BCUT2D eigenvalue weighted by molar-refractivity contribution is 9.10. The first-order chi connectivity index (χ1) is 8.17. The number of esters is 1. The maximum Gasteiger partial charge on any atom is 0.343 e. The van der Waals surface area contributed by atoms with Crippen LogP contribution in [0.2, 0.25) is 0 Å². The number of benzene rings is 1. The van der Waals surface area contributed by atoms with Crippen LogP contribution in [0, 0.1) is 0 Å². The minimum atomic E-state index is -0.442. The summed E-state index contributed by atoms with van der Waals surface area (Å²) in [7, 11) is 2.75. The van der Waals surface area contributed by atoms with Crippen LogP contribution in [-0.2, 0) is 14.4 Å². The summed E-state index contributed by atoms with van der Waals surface area (Å²) in [6.45, 7) is -0.147. The number of carbonyl (C=O) groups excluding carboxylic acids is 1. The van der Waals surface area contributed by atoms with Crippen LogP contribution in [0.3, 0.4) is 0 Å². The second kappa shape index (κ2) is 6.90. The number of rotatable bonds is 5. The van der Waals surface area contributed by atoms with E-state index in [0.29, 0.717) is 11.3 Å². The van der Waals surface area contributed by atoms with E-state index in [4.69, 9.17) is 4.74 Å². The van der Waals surface area contributed by atoms with Crippen molar-refractivity contribution in [1.82, 2.24) is 0 Å². The van der Waals surface area contributed by atoms with Crippen LogP contribution in [-0.4, -0.2) is 33.0 Å². The van der Waals surface area contributed by atoms with Crippen molar-refractivity contribution >= 4 is 28.1 Å². The van der Waals surface area contributed by atoms with Crippen molar-refractivity contribution < 1.29 is 19.1 Å². The van der Waals surface area contributed by atoms with E-state index in [9.17, 15) is 4.79 Å². The summed E-state index contributed by atoms with van der Waals surface area (Å²) >= 11 is 3.33. The summed E-state index contributed by atoms with van der Waals surface area (Å²) in [5.41, 5.74) is 0.699. The average molecular weight is 302 g/mol. The summed E-state index contributed by atoms with van der Waals surface area (Å²) in [5, 5.41) is 3.65. The van der Waals surface area contributed by atoms with Gasteiger partial charge in [-0.05, 0) is 18.2 Å². The summed E-state index contributed by atoms with van der Waals surface area (Å²) in [5.74, 6) is 0.0851. The first-order valence-electron chi connectivity index (χ1n) is 4.73. The molecular formula is C11H12BrNO4. The standard InChI is InChI=1S/C11H12BrNO4/c1-15-11(14)7-17-10-4-3-9(12)5-8(10)6-13-16-2/h3-6H,7H2,1-2H3/b13-6+. The van der Waals surface area contributed by atoms with Crippen molar-refractivity contribution in [2.45, 2.75) is 0 Å². The molecule has 0 heterocycles. The maximum atomic E-state index is 11.0. The third kappa shape index (κ3) is 4.44. The number of hydrogen-bond donors (Lipinski definition) is 0. The SMILES string of the molecule is CO/N=C/c1cc(Br)ccc1OCC(=O)OC. The fourth-order valence-corrected chi connectivity index (χ4v) is 1.44. The van der Waals surface area contributed by atoms with Gasteiger partial charge in [-0.1, -0.05) is 21.1 Å². The Bertz CT molecular complexity index is 420. The molecule has 6 heteroatoms. The molecule has 5 nitrogen and oxygen atoms in total. The predicted octanol–water partition coefficient (Wildman–Crippen LogP) is 1.98. The first-order valence-corrected chi connectivity index (χ1v) is 5.52. The average Bonchev–Trinajstić information content (AvgIpc) is 2.34. The second-order valence-electron chi connectivity index (χ2n) is 2.96. The number of hydrogen-bond acceptors (Lipinski definition) is 5. The Morgan fingerprint density at radius 2 is 2.24 bits per heavy atom. The van der Waals surface area contributed by atoms with Crippen LogP contribution < -0.4 is 4.74 Å². The van der Waals surface area contributed by atoms with Crippen LogP contribution in [0.25, 0.3) is 0 Å². The van der Waals surface area contributed by atoms with Crippen molar-refractivity contribution in [3.8, 4) is 5.75 Å². The molecule has 0 bridgehead atoms. The van der Waals surface area contributed by atoms with Crippen molar-refractivity contribution in [3.05, 3.63) is 28.2 Å². The third-order valence-electron chi connectivity index (χ3n) is 1.84. The van der Waals surface area contributed by atoms with Crippen molar-refractivity contribution in [3.63, 3.8) is 0 Å². The molecule has 0 aromatic heterocycles. The number of methoxy groups -OCH3 is 1. The summed E-state index contributed by atoms with van der Waals surface area (Å²) < 4.78 is 10.7. The van der Waals surface area contributed by atoms with Gasteiger partial charge < -0.3 is 14.3 Å². The molecule has 0 N–H and O–H groups in total. The van der Waals surface area contributed by atoms with Gasteiger partial charge in [0.05, 0.1) is 13.3 Å². The van der Waals surface area contributed by atoms with E-state index in [1.165, 1.54) is 20.4 Å². The molecule has 0 atom stereocenters. The van der Waals surface area contributed by atoms with Crippen LogP contribution >= 0.6 is 15.9 Å². The molecule has 0 unspecified atom stereocenters. The zero-order valence-electron chi connectivity index (χ0n) is 9.47. The van der Waals surface area contributed by atoms with Crippen LogP contribution in [0.15, 0.2) is 27.8 Å². The molecule has 17 heavy (non-hydrogen) atoms. The van der Waals surface area contributed by atoms with Crippen LogP contribution in [0.4, 0.5) is 0 Å². The van der Waals surface area contributed by atoms with Gasteiger partial charge in [0, 0.05) is 10.0 Å². The first kappa shape index (κ1) is 13.5. The molecule has 0 fully saturated rings. The minimum absolute atomic E-state index is 0.147. The smallest absolute Gasteiger partial charge is 0.343 e. The Labute approximate surface area is 107 Å². The molecule has 1 aromatic rings. The Balaban J connectivity index is 2.82. The van der Waals surface area contributed by atoms with Gasteiger partial charge in [0.1, 0.15) is 12.9 Å². The molecule has 1 rings (SSSR count). The molecule has 0 amide bonds. The molecule has 0 aliphatic rings. The van der Waals surface area contributed by atoms with Gasteiger partial charge in [-0.15, -0.1) is 0 Å². The zero-order chi connectivity index (χ0) is 12.7. The predicted molar refractivity (Wildman–Crippen MR) is 66.3 cm³/mol. The Morgan fingerprint density at radius 1 is 1.47 bits per heavy atom. The fourth-order valence-electron chi connectivity index (χ4n) is 1.06. The number of ether oxygens (including phenoxy) is 2. The summed E-state index contributed by atoms with van der Waals surface area (Å²) in [4.78, 5) is 15.6. The van der Waals surface area contributed by atoms with Gasteiger partial charge in [-0.2, -0.15) is 0 Å². The van der Waals surface area contributed by atoms with E-state index in [2.05, 4.69) is 30.7 Å². The fraction of sp³-hybridized carbons (Fsp3) is 0.273. The molecule has 0 saturated heterocycles. The normalized spacial score (nSPS) is 10.3. The van der Waals surface area contributed by atoms with Gasteiger partial charge in [0.15, 0.2) is 6.61 Å². The van der Waals surface area contributed by atoms with E-state index < -0.39 is 5.97 Å². The van der Waals surface area contributed by atoms with E-state index in [1.54, 1.807) is 18.2 Å². The molecule has 1 aromatic carbocycles. The van der Waals surface area contributed by atoms with E-state index in [-0.39, 0.29) is 6.61 Å². The Kier molecular flexibility index (Phi) is 5.48. The lowest BCUT2D eigenvalue weighted by atomic mass is 10.2. The lowest BCUT2D eigenvalue weighted by molar-refractivity contribution is -0.142. The number of nitrogens with zero attached hydrogens (tertiary/aromatic N) is 1.